The molecule has 2 saturated heterocycles. The molecule has 0 radical (unpaired) electrons. The largest absolute Gasteiger partial charge is 0.376 e. The van der Waals surface area contributed by atoms with E-state index in [9.17, 15) is 13.2 Å². The van der Waals surface area contributed by atoms with Crippen LogP contribution in [0.1, 0.15) is 38.5 Å². The summed E-state index contributed by atoms with van der Waals surface area (Å²) in [6, 6.07) is 0. The molecule has 128 valence electrons. The van der Waals surface area contributed by atoms with Crippen molar-refractivity contribution in [2.45, 2.75) is 67.9 Å². The Morgan fingerprint density at radius 3 is 1.82 bits per heavy atom. The van der Waals surface area contributed by atoms with E-state index in [0.29, 0.717) is 26.1 Å². The molecule has 0 bridgehead atoms. The van der Waals surface area contributed by atoms with Crippen LogP contribution in [-0.4, -0.2) is 47.1 Å². The summed E-state index contributed by atoms with van der Waals surface area (Å²) in [5, 5.41) is -1.83. The molecule has 2 nitrogen and oxygen atoms in total. The molecule has 0 amide bonds. The van der Waals surface area contributed by atoms with Crippen LogP contribution in [0.3, 0.4) is 0 Å². The topological polar surface area (TPSA) is 18.5 Å². The molecule has 0 aromatic heterocycles. The zero-order valence-electron chi connectivity index (χ0n) is 13.5. The van der Waals surface area contributed by atoms with E-state index < -0.39 is 33.8 Å². The smallest absolute Gasteiger partial charge is 0.361 e. The average molecular weight is 353 g/mol. The van der Waals surface area contributed by atoms with Gasteiger partial charge in [0.2, 0.25) is 8.80 Å². The maximum atomic E-state index is 13.7. The first kappa shape index (κ1) is 18.2. The van der Waals surface area contributed by atoms with Crippen molar-refractivity contribution in [1.82, 2.24) is 0 Å². The molecule has 0 N–H and O–H groups in total. The summed E-state index contributed by atoms with van der Waals surface area (Å²) in [6.45, 7) is 8.34. The standard InChI is InChI=1S/C15H27F3O2Si2/c1-4-21(2)13(9-5-7-11-19-13)14(10-6-8-12-20-14)22(3)15(16,17)18/h4,21-22H,1,5-12H2,2-3H3. The number of ether oxygens (including phenoxy) is 2. The van der Waals surface area contributed by atoms with Gasteiger partial charge in [0.25, 0.3) is 0 Å². The molecule has 4 atom stereocenters. The van der Waals surface area contributed by atoms with Gasteiger partial charge in [0.1, 0.15) is 0 Å². The van der Waals surface area contributed by atoms with E-state index in [0.717, 1.165) is 25.7 Å². The molecule has 7 heteroatoms. The minimum absolute atomic E-state index is 0.427. The van der Waals surface area contributed by atoms with E-state index in [2.05, 4.69) is 13.1 Å². The van der Waals surface area contributed by atoms with Gasteiger partial charge in [-0.25, -0.2) is 0 Å². The fourth-order valence-corrected chi connectivity index (χ4v) is 10.7. The van der Waals surface area contributed by atoms with Gasteiger partial charge in [0.05, 0.1) is 19.2 Å². The molecular formula is C15H27F3O2Si2. The van der Waals surface area contributed by atoms with E-state index in [1.54, 1.807) is 0 Å². The predicted octanol–water partition coefficient (Wildman–Crippen LogP) is 3.48. The third-order valence-electron chi connectivity index (χ3n) is 5.60. The molecule has 2 aliphatic heterocycles. The van der Waals surface area contributed by atoms with E-state index in [1.165, 1.54) is 6.55 Å². The van der Waals surface area contributed by atoms with Crippen molar-refractivity contribution in [1.29, 1.82) is 0 Å². The summed E-state index contributed by atoms with van der Waals surface area (Å²) in [5.74, 6) is -4.14. The number of halogens is 3. The SMILES string of the molecule is C=C[SiH](C)C1(C2([SiH](C)C(F)(F)F)CCCCO2)CCCCO1. The Morgan fingerprint density at radius 1 is 0.955 bits per heavy atom. The monoisotopic (exact) mass is 352 g/mol. The lowest BCUT2D eigenvalue weighted by molar-refractivity contribution is -0.175. The summed E-state index contributed by atoms with van der Waals surface area (Å²) >= 11 is 0. The van der Waals surface area contributed by atoms with E-state index in [-0.39, 0.29) is 0 Å². The quantitative estimate of drug-likeness (QED) is 0.721. The summed E-state index contributed by atoms with van der Waals surface area (Å²) in [5.41, 5.74) is 1.88. The maximum absolute atomic E-state index is 13.7. The molecule has 2 heterocycles. The minimum atomic E-state index is -4.14. The molecule has 0 aromatic rings. The highest BCUT2D eigenvalue weighted by molar-refractivity contribution is 6.71. The summed E-state index contributed by atoms with van der Waals surface area (Å²) in [4.78, 5) is 0. The Hall–Kier alpha value is -0.116. The normalized spacial score (nSPS) is 36.6. The van der Waals surface area contributed by atoms with Gasteiger partial charge in [0, 0.05) is 13.2 Å². The molecule has 0 aliphatic carbocycles. The van der Waals surface area contributed by atoms with E-state index >= 15 is 0 Å². The summed E-state index contributed by atoms with van der Waals surface area (Å²) < 4.78 is 53.3. The molecule has 2 aliphatic rings. The minimum Gasteiger partial charge on any atom is -0.376 e. The van der Waals surface area contributed by atoms with Crippen LogP contribution in [0, 0.1) is 0 Å². The number of hydrogen-bond acceptors (Lipinski definition) is 2. The van der Waals surface area contributed by atoms with Gasteiger partial charge in [-0.2, -0.15) is 13.2 Å². The Labute approximate surface area is 134 Å². The predicted molar refractivity (Wildman–Crippen MR) is 87.3 cm³/mol. The van der Waals surface area contributed by atoms with E-state index in [1.807, 2.05) is 5.70 Å². The van der Waals surface area contributed by atoms with Gasteiger partial charge in [0.15, 0.2) is 0 Å². The van der Waals surface area contributed by atoms with Crippen molar-refractivity contribution in [3.05, 3.63) is 12.3 Å². The number of rotatable bonds is 4. The highest BCUT2D eigenvalue weighted by atomic mass is 28.3. The fourth-order valence-electron chi connectivity index (χ4n) is 4.21. The van der Waals surface area contributed by atoms with Crippen molar-refractivity contribution in [3.63, 3.8) is 0 Å². The first-order valence-corrected chi connectivity index (χ1v) is 13.0. The maximum Gasteiger partial charge on any atom is 0.361 e. The molecule has 22 heavy (non-hydrogen) atoms. The Kier molecular flexibility index (Phi) is 5.62. The summed E-state index contributed by atoms with van der Waals surface area (Å²) in [7, 11) is -4.89. The van der Waals surface area contributed by atoms with E-state index in [4.69, 9.17) is 9.47 Å². The van der Waals surface area contributed by atoms with Crippen LogP contribution < -0.4 is 0 Å². The molecule has 2 fully saturated rings. The molecular weight excluding hydrogens is 325 g/mol. The molecule has 0 saturated carbocycles. The second-order valence-corrected chi connectivity index (χ2v) is 12.7. The van der Waals surface area contributed by atoms with Gasteiger partial charge in [-0.15, -0.1) is 12.3 Å². The summed E-state index contributed by atoms with van der Waals surface area (Å²) in [6.07, 6.45) is 4.69. The molecule has 4 unspecified atom stereocenters. The number of hydrogen-bond donors (Lipinski definition) is 0. The van der Waals surface area contributed by atoms with Crippen LogP contribution in [0.15, 0.2) is 12.3 Å². The van der Waals surface area contributed by atoms with Crippen LogP contribution in [0.4, 0.5) is 13.2 Å². The van der Waals surface area contributed by atoms with Crippen molar-refractivity contribution in [2.75, 3.05) is 13.2 Å². The number of alkyl halides is 3. The lowest BCUT2D eigenvalue weighted by Crippen LogP contribution is -2.74. The highest BCUT2D eigenvalue weighted by Gasteiger charge is 2.65. The van der Waals surface area contributed by atoms with Crippen LogP contribution in [0.25, 0.3) is 0 Å². The van der Waals surface area contributed by atoms with Gasteiger partial charge in [-0.05, 0) is 38.5 Å². The zero-order valence-corrected chi connectivity index (χ0v) is 15.9. The Balaban J connectivity index is 2.51. The van der Waals surface area contributed by atoms with Crippen LogP contribution in [0.2, 0.25) is 13.1 Å². The van der Waals surface area contributed by atoms with Gasteiger partial charge < -0.3 is 9.47 Å². The van der Waals surface area contributed by atoms with Crippen molar-refractivity contribution < 1.29 is 22.6 Å². The molecule has 0 spiro atoms. The van der Waals surface area contributed by atoms with Crippen molar-refractivity contribution >= 4 is 17.6 Å². The average Bonchev–Trinajstić information content (AvgIpc) is 2.53. The van der Waals surface area contributed by atoms with Crippen LogP contribution in [0.5, 0.6) is 0 Å². The van der Waals surface area contributed by atoms with Gasteiger partial charge in [-0.3, -0.25) is 0 Å². The first-order chi connectivity index (χ1) is 10.3. The van der Waals surface area contributed by atoms with Crippen LogP contribution in [-0.2, 0) is 9.47 Å². The highest BCUT2D eigenvalue weighted by Crippen LogP contribution is 2.49. The fraction of sp³-hybridized carbons (Fsp3) is 0.867. The first-order valence-electron chi connectivity index (χ1n) is 8.27. The Bertz CT molecular complexity index is 389. The third-order valence-corrected chi connectivity index (χ3v) is 12.4. The molecule has 2 rings (SSSR count). The second kappa shape index (κ2) is 6.79. The van der Waals surface area contributed by atoms with Crippen molar-refractivity contribution in [3.8, 4) is 0 Å². The lowest BCUT2D eigenvalue weighted by Gasteiger charge is -2.57. The lowest BCUT2D eigenvalue weighted by atomic mass is 9.96. The zero-order chi connectivity index (χ0) is 16.4. The van der Waals surface area contributed by atoms with Crippen LogP contribution >= 0.6 is 0 Å². The Morgan fingerprint density at radius 2 is 1.45 bits per heavy atom. The third kappa shape index (κ3) is 2.97. The van der Waals surface area contributed by atoms with Gasteiger partial charge >= 0.3 is 5.80 Å². The van der Waals surface area contributed by atoms with Gasteiger partial charge in [-0.1, -0.05) is 13.1 Å². The molecule has 0 aromatic carbocycles. The van der Waals surface area contributed by atoms with Crippen molar-refractivity contribution in [2.24, 2.45) is 0 Å². The second-order valence-electron chi connectivity index (χ2n) is 6.68.